The summed E-state index contributed by atoms with van der Waals surface area (Å²) < 4.78 is 5.49. The van der Waals surface area contributed by atoms with Crippen LogP contribution < -0.4 is 15.4 Å². The highest BCUT2D eigenvalue weighted by atomic mass is 16.5. The van der Waals surface area contributed by atoms with Gasteiger partial charge in [0.1, 0.15) is 5.75 Å². The number of anilines is 1. The zero-order valence-electron chi connectivity index (χ0n) is 13.4. The van der Waals surface area contributed by atoms with E-state index in [-0.39, 0.29) is 11.8 Å². The predicted molar refractivity (Wildman–Crippen MR) is 88.7 cm³/mol. The molecule has 3 rings (SSSR count). The first-order valence-corrected chi connectivity index (χ1v) is 8.21. The molecule has 122 valence electrons. The van der Waals surface area contributed by atoms with Crippen LogP contribution in [0.3, 0.4) is 0 Å². The number of amides is 2. The van der Waals surface area contributed by atoms with E-state index in [0.29, 0.717) is 23.5 Å². The molecule has 0 fully saturated rings. The van der Waals surface area contributed by atoms with Crippen molar-refractivity contribution >= 4 is 17.5 Å². The molecule has 1 aromatic rings. The number of hydrogen-bond donors (Lipinski definition) is 2. The van der Waals surface area contributed by atoms with Crippen molar-refractivity contribution in [1.29, 1.82) is 0 Å². The van der Waals surface area contributed by atoms with Crippen LogP contribution in [0, 0.1) is 0 Å². The Kier molecular flexibility index (Phi) is 4.65. The molecular formula is C18H22N2O3. The van der Waals surface area contributed by atoms with E-state index in [4.69, 9.17) is 4.74 Å². The summed E-state index contributed by atoms with van der Waals surface area (Å²) in [5.74, 6) is 0.275. The lowest BCUT2D eigenvalue weighted by Gasteiger charge is -2.23. The summed E-state index contributed by atoms with van der Waals surface area (Å²) in [7, 11) is 0. The van der Waals surface area contributed by atoms with Gasteiger partial charge in [-0.2, -0.15) is 0 Å². The monoisotopic (exact) mass is 314 g/mol. The average Bonchev–Trinajstić information content (AvgIpc) is 2.56. The lowest BCUT2D eigenvalue weighted by atomic mass is 9.97. The SMILES string of the molecule is CC1Oc2ccc(C(=O)NCCC3=CCCCC3)cc2NC1=O. The van der Waals surface area contributed by atoms with E-state index in [9.17, 15) is 9.59 Å². The molecular weight excluding hydrogens is 292 g/mol. The Morgan fingerprint density at radius 3 is 3.04 bits per heavy atom. The lowest BCUT2D eigenvalue weighted by Crippen LogP contribution is -2.34. The van der Waals surface area contributed by atoms with Gasteiger partial charge in [-0.3, -0.25) is 9.59 Å². The Morgan fingerprint density at radius 1 is 1.39 bits per heavy atom. The molecule has 0 saturated carbocycles. The van der Waals surface area contributed by atoms with Crippen LogP contribution in [0.4, 0.5) is 5.69 Å². The molecule has 0 bridgehead atoms. The van der Waals surface area contributed by atoms with Crippen molar-refractivity contribution in [2.75, 3.05) is 11.9 Å². The fourth-order valence-electron chi connectivity index (χ4n) is 2.92. The molecule has 1 heterocycles. The molecule has 1 atom stereocenters. The molecule has 0 radical (unpaired) electrons. The number of benzene rings is 1. The molecule has 1 unspecified atom stereocenters. The normalized spacial score (nSPS) is 20.0. The van der Waals surface area contributed by atoms with Crippen molar-refractivity contribution in [3.8, 4) is 5.75 Å². The van der Waals surface area contributed by atoms with Gasteiger partial charge in [0.15, 0.2) is 6.10 Å². The van der Waals surface area contributed by atoms with Crippen molar-refractivity contribution in [3.05, 3.63) is 35.4 Å². The number of carbonyl (C=O) groups excluding carboxylic acids is 2. The third-order valence-electron chi connectivity index (χ3n) is 4.29. The van der Waals surface area contributed by atoms with Crippen LogP contribution in [-0.2, 0) is 4.79 Å². The minimum atomic E-state index is -0.508. The summed E-state index contributed by atoms with van der Waals surface area (Å²) in [5, 5.41) is 5.70. The number of rotatable bonds is 4. The Balaban J connectivity index is 1.58. The maximum absolute atomic E-state index is 12.2. The van der Waals surface area contributed by atoms with Gasteiger partial charge in [-0.1, -0.05) is 11.6 Å². The first kappa shape index (κ1) is 15.6. The van der Waals surface area contributed by atoms with E-state index in [1.54, 1.807) is 25.1 Å². The van der Waals surface area contributed by atoms with Crippen LogP contribution in [0.15, 0.2) is 29.8 Å². The van der Waals surface area contributed by atoms with Gasteiger partial charge in [0.25, 0.3) is 11.8 Å². The minimum absolute atomic E-state index is 0.128. The van der Waals surface area contributed by atoms with Gasteiger partial charge < -0.3 is 15.4 Å². The molecule has 0 spiro atoms. The van der Waals surface area contributed by atoms with Crippen LogP contribution in [-0.4, -0.2) is 24.5 Å². The molecule has 1 aliphatic carbocycles. The van der Waals surface area contributed by atoms with E-state index in [1.807, 2.05) is 0 Å². The molecule has 1 aliphatic heterocycles. The molecule has 2 N–H and O–H groups in total. The van der Waals surface area contributed by atoms with Crippen LogP contribution in [0.1, 0.15) is 49.4 Å². The van der Waals surface area contributed by atoms with E-state index < -0.39 is 6.10 Å². The summed E-state index contributed by atoms with van der Waals surface area (Å²) in [6.07, 6.45) is 7.53. The third-order valence-corrected chi connectivity index (χ3v) is 4.29. The summed E-state index contributed by atoms with van der Waals surface area (Å²) in [6, 6.07) is 5.11. The summed E-state index contributed by atoms with van der Waals surface area (Å²) >= 11 is 0. The number of carbonyl (C=O) groups is 2. The lowest BCUT2D eigenvalue weighted by molar-refractivity contribution is -0.122. The highest BCUT2D eigenvalue weighted by molar-refractivity contribution is 6.00. The molecule has 2 amide bonds. The molecule has 5 nitrogen and oxygen atoms in total. The minimum Gasteiger partial charge on any atom is -0.479 e. The zero-order valence-corrected chi connectivity index (χ0v) is 13.4. The van der Waals surface area contributed by atoms with Gasteiger partial charge in [0, 0.05) is 12.1 Å². The first-order chi connectivity index (χ1) is 11.1. The van der Waals surface area contributed by atoms with E-state index >= 15 is 0 Å². The molecule has 0 aromatic heterocycles. The largest absolute Gasteiger partial charge is 0.479 e. The Morgan fingerprint density at radius 2 is 2.26 bits per heavy atom. The van der Waals surface area contributed by atoms with Gasteiger partial charge in [-0.25, -0.2) is 0 Å². The van der Waals surface area contributed by atoms with Gasteiger partial charge in [0.05, 0.1) is 5.69 Å². The van der Waals surface area contributed by atoms with Crippen molar-refractivity contribution in [2.24, 2.45) is 0 Å². The topological polar surface area (TPSA) is 67.4 Å². The molecule has 5 heteroatoms. The fraction of sp³-hybridized carbons (Fsp3) is 0.444. The zero-order chi connectivity index (χ0) is 16.2. The van der Waals surface area contributed by atoms with Crippen molar-refractivity contribution in [1.82, 2.24) is 5.32 Å². The van der Waals surface area contributed by atoms with E-state index in [2.05, 4.69) is 16.7 Å². The number of allylic oxidation sites excluding steroid dienone is 1. The quantitative estimate of drug-likeness (QED) is 0.839. The standard InChI is InChI=1S/C18H22N2O3/c1-12-17(21)20-15-11-14(7-8-16(15)23-12)18(22)19-10-9-13-5-3-2-4-6-13/h5,7-8,11-12H,2-4,6,9-10H2,1H3,(H,19,22)(H,20,21). The number of ether oxygens (including phenoxy) is 1. The highest BCUT2D eigenvalue weighted by Gasteiger charge is 2.24. The molecule has 1 aromatic carbocycles. The number of nitrogens with one attached hydrogen (secondary N) is 2. The Bertz CT molecular complexity index is 652. The number of fused-ring (bicyclic) bond motifs is 1. The summed E-state index contributed by atoms with van der Waals surface area (Å²) in [5.41, 5.74) is 2.52. The van der Waals surface area contributed by atoms with Crippen LogP contribution in [0.2, 0.25) is 0 Å². The second kappa shape index (κ2) is 6.86. The highest BCUT2D eigenvalue weighted by Crippen LogP contribution is 2.30. The summed E-state index contributed by atoms with van der Waals surface area (Å²) in [4.78, 5) is 23.9. The average molecular weight is 314 g/mol. The Hall–Kier alpha value is -2.30. The van der Waals surface area contributed by atoms with Crippen molar-refractivity contribution in [3.63, 3.8) is 0 Å². The first-order valence-electron chi connectivity index (χ1n) is 8.21. The van der Waals surface area contributed by atoms with Crippen molar-refractivity contribution < 1.29 is 14.3 Å². The smallest absolute Gasteiger partial charge is 0.265 e. The van der Waals surface area contributed by atoms with E-state index in [1.165, 1.54) is 18.4 Å². The fourth-order valence-corrected chi connectivity index (χ4v) is 2.92. The molecule has 23 heavy (non-hydrogen) atoms. The number of hydrogen-bond acceptors (Lipinski definition) is 3. The second-order valence-electron chi connectivity index (χ2n) is 6.07. The predicted octanol–water partition coefficient (Wildman–Crippen LogP) is 3.03. The van der Waals surface area contributed by atoms with Crippen molar-refractivity contribution in [2.45, 2.75) is 45.1 Å². The molecule has 0 saturated heterocycles. The van der Waals surface area contributed by atoms with Gasteiger partial charge in [-0.05, 0) is 57.2 Å². The Labute approximate surface area is 136 Å². The van der Waals surface area contributed by atoms with Gasteiger partial charge in [0.2, 0.25) is 0 Å². The van der Waals surface area contributed by atoms with E-state index in [0.717, 1.165) is 19.3 Å². The van der Waals surface area contributed by atoms with Crippen LogP contribution in [0.25, 0.3) is 0 Å². The van der Waals surface area contributed by atoms with Gasteiger partial charge >= 0.3 is 0 Å². The third kappa shape index (κ3) is 3.73. The van der Waals surface area contributed by atoms with Crippen LogP contribution >= 0.6 is 0 Å². The maximum Gasteiger partial charge on any atom is 0.265 e. The summed E-state index contributed by atoms with van der Waals surface area (Å²) in [6.45, 7) is 2.33. The molecule has 2 aliphatic rings. The van der Waals surface area contributed by atoms with Gasteiger partial charge in [-0.15, -0.1) is 0 Å². The second-order valence-corrected chi connectivity index (χ2v) is 6.07. The maximum atomic E-state index is 12.2. The van der Waals surface area contributed by atoms with Crippen LogP contribution in [0.5, 0.6) is 5.75 Å².